The highest BCUT2D eigenvalue weighted by Gasteiger charge is 2.33. The fraction of sp³-hybridized carbons (Fsp3) is 0.917. The Hall–Kier alpha value is -0.610. The Labute approximate surface area is 98.3 Å². The van der Waals surface area contributed by atoms with Gasteiger partial charge < -0.3 is 15.0 Å². The van der Waals surface area contributed by atoms with Crippen molar-refractivity contribution in [3.8, 4) is 0 Å². The maximum Gasteiger partial charge on any atom is 0.325 e. The van der Waals surface area contributed by atoms with Crippen molar-refractivity contribution in [2.24, 2.45) is 0 Å². The van der Waals surface area contributed by atoms with E-state index in [-0.39, 0.29) is 5.97 Å². The smallest absolute Gasteiger partial charge is 0.325 e. The van der Waals surface area contributed by atoms with E-state index in [1.807, 2.05) is 14.0 Å². The molecular weight excluding hydrogens is 204 g/mol. The zero-order chi connectivity index (χ0) is 12.2. The highest BCUT2D eigenvalue weighted by atomic mass is 16.5. The second kappa shape index (κ2) is 5.64. The summed E-state index contributed by atoms with van der Waals surface area (Å²) >= 11 is 0. The van der Waals surface area contributed by atoms with E-state index in [4.69, 9.17) is 4.74 Å². The van der Waals surface area contributed by atoms with Crippen LogP contribution in [0.4, 0.5) is 0 Å². The van der Waals surface area contributed by atoms with Gasteiger partial charge in [-0.2, -0.15) is 0 Å². The lowest BCUT2D eigenvalue weighted by Crippen LogP contribution is -2.50. The summed E-state index contributed by atoms with van der Waals surface area (Å²) in [6, 6.07) is 0.652. The van der Waals surface area contributed by atoms with Crippen LogP contribution in [0, 0.1) is 0 Å². The summed E-state index contributed by atoms with van der Waals surface area (Å²) in [5.41, 5.74) is -0.558. The molecule has 1 saturated heterocycles. The molecule has 16 heavy (non-hydrogen) atoms. The number of nitrogens with one attached hydrogen (secondary N) is 1. The standard InChI is InChI=1S/C12H24N2O2/c1-10-6-5-8-14(10)9-7-12(2,13-3)11(15)16-4/h10,13H,5-9H2,1-4H3. The third-order valence-corrected chi connectivity index (χ3v) is 3.78. The fourth-order valence-electron chi connectivity index (χ4n) is 2.25. The van der Waals surface area contributed by atoms with Gasteiger partial charge in [0.2, 0.25) is 0 Å². The molecule has 0 aromatic rings. The first kappa shape index (κ1) is 13.5. The average molecular weight is 228 g/mol. The molecule has 0 saturated carbocycles. The molecule has 1 aliphatic heterocycles. The number of rotatable bonds is 5. The molecule has 1 rings (SSSR count). The van der Waals surface area contributed by atoms with Gasteiger partial charge in [0.15, 0.2) is 0 Å². The minimum Gasteiger partial charge on any atom is -0.468 e. The monoisotopic (exact) mass is 228 g/mol. The third kappa shape index (κ3) is 2.95. The van der Waals surface area contributed by atoms with Crippen LogP contribution in [0.15, 0.2) is 0 Å². The Morgan fingerprint density at radius 1 is 1.62 bits per heavy atom. The van der Waals surface area contributed by atoms with E-state index in [0.29, 0.717) is 6.04 Å². The van der Waals surface area contributed by atoms with Crippen molar-refractivity contribution in [1.82, 2.24) is 10.2 Å². The second-order valence-electron chi connectivity index (χ2n) is 4.85. The summed E-state index contributed by atoms with van der Waals surface area (Å²) in [6.45, 7) is 6.26. The molecule has 1 N–H and O–H groups in total. The molecule has 0 spiro atoms. The molecule has 94 valence electrons. The number of hydrogen-bond donors (Lipinski definition) is 1. The number of esters is 1. The Morgan fingerprint density at radius 2 is 2.31 bits per heavy atom. The van der Waals surface area contributed by atoms with Crippen LogP contribution < -0.4 is 5.32 Å². The highest BCUT2D eigenvalue weighted by Crippen LogP contribution is 2.19. The molecule has 4 heteroatoms. The van der Waals surface area contributed by atoms with Crippen LogP contribution in [0.25, 0.3) is 0 Å². The molecule has 2 atom stereocenters. The maximum atomic E-state index is 11.6. The Morgan fingerprint density at radius 3 is 2.75 bits per heavy atom. The third-order valence-electron chi connectivity index (χ3n) is 3.78. The summed E-state index contributed by atoms with van der Waals surface area (Å²) in [4.78, 5) is 14.1. The number of ether oxygens (including phenoxy) is 1. The molecule has 0 amide bonds. The summed E-state index contributed by atoms with van der Waals surface area (Å²) in [5, 5.41) is 3.07. The summed E-state index contributed by atoms with van der Waals surface area (Å²) in [7, 11) is 3.25. The normalized spacial score (nSPS) is 25.4. The molecule has 2 unspecified atom stereocenters. The van der Waals surface area contributed by atoms with Crippen molar-refractivity contribution in [2.75, 3.05) is 27.2 Å². The van der Waals surface area contributed by atoms with Crippen LogP contribution in [0.1, 0.15) is 33.1 Å². The van der Waals surface area contributed by atoms with Crippen LogP contribution in [0.2, 0.25) is 0 Å². The fourth-order valence-corrected chi connectivity index (χ4v) is 2.25. The highest BCUT2D eigenvalue weighted by molar-refractivity contribution is 5.80. The molecule has 0 radical (unpaired) electrons. The van der Waals surface area contributed by atoms with E-state index in [1.54, 1.807) is 0 Å². The zero-order valence-corrected chi connectivity index (χ0v) is 10.9. The lowest BCUT2D eigenvalue weighted by Gasteiger charge is -2.29. The number of likely N-dealkylation sites (N-methyl/N-ethyl adjacent to an activating group) is 1. The Bertz CT molecular complexity index is 245. The molecule has 0 bridgehead atoms. The first-order valence-electron chi connectivity index (χ1n) is 6.05. The molecule has 4 nitrogen and oxygen atoms in total. The van der Waals surface area contributed by atoms with Gasteiger partial charge in [-0.1, -0.05) is 0 Å². The van der Waals surface area contributed by atoms with Crippen LogP contribution in [-0.2, 0) is 9.53 Å². The Balaban J connectivity index is 2.47. The molecule has 0 aliphatic carbocycles. The van der Waals surface area contributed by atoms with E-state index >= 15 is 0 Å². The van der Waals surface area contributed by atoms with Gasteiger partial charge in [0.1, 0.15) is 5.54 Å². The van der Waals surface area contributed by atoms with Crippen LogP contribution >= 0.6 is 0 Å². The van der Waals surface area contributed by atoms with Crippen molar-refractivity contribution in [1.29, 1.82) is 0 Å². The first-order chi connectivity index (χ1) is 7.53. The SMILES string of the molecule is CNC(C)(CCN1CCCC1C)C(=O)OC. The van der Waals surface area contributed by atoms with Gasteiger partial charge in [0.05, 0.1) is 7.11 Å². The number of carbonyl (C=O) groups is 1. The summed E-state index contributed by atoms with van der Waals surface area (Å²) in [5.74, 6) is -0.179. The molecule has 0 aromatic heterocycles. The van der Waals surface area contributed by atoms with E-state index < -0.39 is 5.54 Å². The second-order valence-corrected chi connectivity index (χ2v) is 4.85. The minimum absolute atomic E-state index is 0.179. The van der Waals surface area contributed by atoms with E-state index in [0.717, 1.165) is 19.5 Å². The van der Waals surface area contributed by atoms with Gasteiger partial charge in [-0.15, -0.1) is 0 Å². The summed E-state index contributed by atoms with van der Waals surface area (Å²) in [6.07, 6.45) is 3.34. The van der Waals surface area contributed by atoms with Gasteiger partial charge in [-0.05, 0) is 46.7 Å². The number of likely N-dealkylation sites (tertiary alicyclic amines) is 1. The number of carbonyl (C=O) groups excluding carboxylic acids is 1. The van der Waals surface area contributed by atoms with E-state index in [1.165, 1.54) is 20.0 Å². The van der Waals surface area contributed by atoms with Crippen molar-refractivity contribution in [3.05, 3.63) is 0 Å². The van der Waals surface area contributed by atoms with Crippen molar-refractivity contribution in [2.45, 2.75) is 44.7 Å². The zero-order valence-electron chi connectivity index (χ0n) is 10.9. The molecule has 1 fully saturated rings. The van der Waals surface area contributed by atoms with Crippen LogP contribution in [0.3, 0.4) is 0 Å². The molecule has 1 aliphatic rings. The largest absolute Gasteiger partial charge is 0.468 e. The molecular formula is C12H24N2O2. The van der Waals surface area contributed by atoms with Crippen LogP contribution in [0.5, 0.6) is 0 Å². The average Bonchev–Trinajstić information content (AvgIpc) is 2.70. The number of hydrogen-bond acceptors (Lipinski definition) is 4. The van der Waals surface area contributed by atoms with E-state index in [2.05, 4.69) is 17.1 Å². The quantitative estimate of drug-likeness (QED) is 0.713. The minimum atomic E-state index is -0.558. The van der Waals surface area contributed by atoms with Crippen molar-refractivity contribution < 1.29 is 9.53 Å². The number of methoxy groups -OCH3 is 1. The van der Waals surface area contributed by atoms with Gasteiger partial charge in [-0.25, -0.2) is 0 Å². The number of nitrogens with zero attached hydrogens (tertiary/aromatic N) is 1. The van der Waals surface area contributed by atoms with Crippen LogP contribution in [-0.4, -0.2) is 49.7 Å². The Kier molecular flexibility index (Phi) is 4.74. The van der Waals surface area contributed by atoms with Crippen molar-refractivity contribution >= 4 is 5.97 Å². The van der Waals surface area contributed by atoms with Crippen molar-refractivity contribution in [3.63, 3.8) is 0 Å². The van der Waals surface area contributed by atoms with E-state index in [9.17, 15) is 4.79 Å². The molecule has 0 aromatic carbocycles. The summed E-state index contributed by atoms with van der Waals surface area (Å²) < 4.78 is 4.83. The first-order valence-corrected chi connectivity index (χ1v) is 6.05. The van der Waals surface area contributed by atoms with Gasteiger partial charge in [0.25, 0.3) is 0 Å². The topological polar surface area (TPSA) is 41.6 Å². The predicted octanol–water partition coefficient (Wildman–Crippen LogP) is 1.01. The predicted molar refractivity (Wildman–Crippen MR) is 64.4 cm³/mol. The van der Waals surface area contributed by atoms with Gasteiger partial charge >= 0.3 is 5.97 Å². The van der Waals surface area contributed by atoms with Gasteiger partial charge in [-0.3, -0.25) is 4.79 Å². The lowest BCUT2D eigenvalue weighted by atomic mass is 9.98. The van der Waals surface area contributed by atoms with Gasteiger partial charge in [0, 0.05) is 12.6 Å². The lowest BCUT2D eigenvalue weighted by molar-refractivity contribution is -0.148. The maximum absolute atomic E-state index is 11.6. The molecule has 1 heterocycles.